The zero-order valence-corrected chi connectivity index (χ0v) is 11.8. The van der Waals surface area contributed by atoms with E-state index in [1.165, 1.54) is 12.1 Å². The molecule has 0 radical (unpaired) electrons. The van der Waals surface area contributed by atoms with Crippen LogP contribution in [0.15, 0.2) is 23.1 Å². The Morgan fingerprint density at radius 2 is 2.24 bits per heavy atom. The van der Waals surface area contributed by atoms with E-state index in [4.69, 9.17) is 0 Å². The lowest BCUT2D eigenvalue weighted by Crippen LogP contribution is -2.40. The third-order valence-corrected chi connectivity index (χ3v) is 3.88. The molecule has 1 atom stereocenters. The van der Waals surface area contributed by atoms with Gasteiger partial charge in [-0.25, -0.2) is 5.10 Å². The van der Waals surface area contributed by atoms with Gasteiger partial charge in [-0.1, -0.05) is 0 Å². The summed E-state index contributed by atoms with van der Waals surface area (Å²) >= 11 is 0. The standard InChI is InChI=1S/C14H17N5O2/c1-9-7-15-18-13(9)10-3-2-6-19(8-10)14(21)11-4-5-12(20)17-16-11/h4-5,7,10H,2-3,6,8H2,1H3,(H,15,18)(H,17,20)/t10-/m1/s1. The topological polar surface area (TPSA) is 94.7 Å². The molecule has 0 aromatic carbocycles. The number of H-pyrrole nitrogens is 2. The second-order valence-electron chi connectivity index (χ2n) is 5.36. The Hall–Kier alpha value is -2.44. The van der Waals surface area contributed by atoms with E-state index in [0.717, 1.165) is 24.1 Å². The minimum Gasteiger partial charge on any atom is -0.337 e. The Labute approximate surface area is 121 Å². The molecule has 1 aliphatic heterocycles. The second kappa shape index (κ2) is 5.51. The highest BCUT2D eigenvalue weighted by atomic mass is 16.2. The van der Waals surface area contributed by atoms with Gasteiger partial charge in [0.2, 0.25) is 0 Å². The number of aromatic amines is 2. The molecule has 3 rings (SSSR count). The summed E-state index contributed by atoms with van der Waals surface area (Å²) in [5, 5.41) is 13.2. The van der Waals surface area contributed by atoms with Gasteiger partial charge in [0.15, 0.2) is 0 Å². The van der Waals surface area contributed by atoms with Gasteiger partial charge in [0, 0.05) is 30.8 Å². The molecule has 0 aliphatic carbocycles. The number of nitrogens with zero attached hydrogens (tertiary/aromatic N) is 3. The first-order valence-corrected chi connectivity index (χ1v) is 7.00. The Kier molecular flexibility index (Phi) is 3.55. The third kappa shape index (κ3) is 2.72. The minimum atomic E-state index is -0.309. The molecule has 7 heteroatoms. The van der Waals surface area contributed by atoms with Gasteiger partial charge in [0.25, 0.3) is 11.5 Å². The van der Waals surface area contributed by atoms with Crippen molar-refractivity contribution in [1.82, 2.24) is 25.3 Å². The van der Waals surface area contributed by atoms with E-state index in [0.29, 0.717) is 13.1 Å². The summed E-state index contributed by atoms with van der Waals surface area (Å²) in [6.07, 6.45) is 3.78. The summed E-state index contributed by atoms with van der Waals surface area (Å²) in [6.45, 7) is 3.37. The average Bonchev–Trinajstić information content (AvgIpc) is 2.94. The molecule has 0 bridgehead atoms. The number of amides is 1. The van der Waals surface area contributed by atoms with Crippen LogP contribution in [0, 0.1) is 6.92 Å². The van der Waals surface area contributed by atoms with Crippen LogP contribution < -0.4 is 5.56 Å². The molecule has 2 N–H and O–H groups in total. The van der Waals surface area contributed by atoms with Crippen molar-refractivity contribution >= 4 is 5.91 Å². The smallest absolute Gasteiger partial charge is 0.274 e. The first kappa shape index (κ1) is 13.5. The molecular weight excluding hydrogens is 270 g/mol. The van der Waals surface area contributed by atoms with Crippen molar-refractivity contribution in [2.45, 2.75) is 25.7 Å². The molecular formula is C14H17N5O2. The molecule has 1 fully saturated rings. The molecule has 1 amide bonds. The van der Waals surface area contributed by atoms with Crippen molar-refractivity contribution in [3.05, 3.63) is 45.6 Å². The van der Waals surface area contributed by atoms with Crippen molar-refractivity contribution in [3.8, 4) is 0 Å². The zero-order chi connectivity index (χ0) is 14.8. The van der Waals surface area contributed by atoms with Crippen LogP contribution >= 0.6 is 0 Å². The summed E-state index contributed by atoms with van der Waals surface area (Å²) in [5.41, 5.74) is 2.19. The number of aromatic nitrogens is 4. The Bertz CT molecular complexity index is 685. The fraction of sp³-hybridized carbons (Fsp3) is 0.429. The van der Waals surface area contributed by atoms with E-state index in [1.54, 1.807) is 11.1 Å². The number of nitrogens with one attached hydrogen (secondary N) is 2. The summed E-state index contributed by atoms with van der Waals surface area (Å²) in [4.78, 5) is 25.2. The SMILES string of the molecule is Cc1cn[nH]c1[C@@H]1CCCN(C(=O)c2ccc(=O)[nH]n2)C1. The number of carbonyl (C=O) groups is 1. The molecule has 2 aromatic rings. The molecule has 7 nitrogen and oxygen atoms in total. The van der Waals surface area contributed by atoms with Gasteiger partial charge >= 0.3 is 0 Å². The molecule has 1 aliphatic rings. The lowest BCUT2D eigenvalue weighted by Gasteiger charge is -2.32. The van der Waals surface area contributed by atoms with E-state index in [2.05, 4.69) is 20.4 Å². The lowest BCUT2D eigenvalue weighted by atomic mass is 9.93. The normalized spacial score (nSPS) is 18.7. The molecule has 0 spiro atoms. The van der Waals surface area contributed by atoms with Crippen LogP contribution in [-0.2, 0) is 0 Å². The molecule has 3 heterocycles. The number of hydrogen-bond acceptors (Lipinski definition) is 4. The maximum Gasteiger partial charge on any atom is 0.274 e. The van der Waals surface area contributed by atoms with Crippen molar-refractivity contribution in [1.29, 1.82) is 0 Å². The second-order valence-corrected chi connectivity index (χ2v) is 5.36. The van der Waals surface area contributed by atoms with Crippen LogP contribution in [-0.4, -0.2) is 44.3 Å². The molecule has 110 valence electrons. The molecule has 0 unspecified atom stereocenters. The van der Waals surface area contributed by atoms with Gasteiger partial charge in [-0.2, -0.15) is 10.2 Å². The van der Waals surface area contributed by atoms with Gasteiger partial charge in [0.1, 0.15) is 5.69 Å². The molecule has 21 heavy (non-hydrogen) atoms. The van der Waals surface area contributed by atoms with Crippen LogP contribution in [0.2, 0.25) is 0 Å². The fourth-order valence-electron chi connectivity index (χ4n) is 2.79. The predicted octanol–water partition coefficient (Wildman–Crippen LogP) is 0.821. The van der Waals surface area contributed by atoms with E-state index >= 15 is 0 Å². The number of hydrogen-bond donors (Lipinski definition) is 2. The fourth-order valence-corrected chi connectivity index (χ4v) is 2.79. The monoisotopic (exact) mass is 287 g/mol. The van der Waals surface area contributed by atoms with Crippen molar-refractivity contribution in [2.75, 3.05) is 13.1 Å². The highest BCUT2D eigenvalue weighted by Gasteiger charge is 2.27. The highest BCUT2D eigenvalue weighted by Crippen LogP contribution is 2.27. The molecule has 1 saturated heterocycles. The number of piperidine rings is 1. The summed E-state index contributed by atoms with van der Waals surface area (Å²) < 4.78 is 0. The van der Waals surface area contributed by atoms with E-state index in [9.17, 15) is 9.59 Å². The Balaban J connectivity index is 1.77. The zero-order valence-electron chi connectivity index (χ0n) is 11.8. The van der Waals surface area contributed by atoms with Crippen LogP contribution in [0.4, 0.5) is 0 Å². The lowest BCUT2D eigenvalue weighted by molar-refractivity contribution is 0.0698. The minimum absolute atomic E-state index is 0.145. The largest absolute Gasteiger partial charge is 0.337 e. The Morgan fingerprint density at radius 3 is 2.90 bits per heavy atom. The van der Waals surface area contributed by atoms with Crippen LogP contribution in [0.5, 0.6) is 0 Å². The van der Waals surface area contributed by atoms with Crippen LogP contribution in [0.1, 0.15) is 40.5 Å². The molecule has 0 saturated carbocycles. The quantitative estimate of drug-likeness (QED) is 0.855. The van der Waals surface area contributed by atoms with E-state index in [-0.39, 0.29) is 23.1 Å². The first-order valence-electron chi connectivity index (χ1n) is 7.00. The van der Waals surface area contributed by atoms with Gasteiger partial charge in [-0.15, -0.1) is 0 Å². The maximum atomic E-state index is 12.4. The summed E-state index contributed by atoms with van der Waals surface area (Å²) in [7, 11) is 0. The Morgan fingerprint density at radius 1 is 1.38 bits per heavy atom. The number of aryl methyl sites for hydroxylation is 1. The van der Waals surface area contributed by atoms with E-state index < -0.39 is 0 Å². The van der Waals surface area contributed by atoms with Crippen molar-refractivity contribution < 1.29 is 4.79 Å². The van der Waals surface area contributed by atoms with Crippen molar-refractivity contribution in [3.63, 3.8) is 0 Å². The maximum absolute atomic E-state index is 12.4. The summed E-state index contributed by atoms with van der Waals surface area (Å²) in [6, 6.07) is 2.78. The van der Waals surface area contributed by atoms with Gasteiger partial charge in [-0.05, 0) is 31.4 Å². The first-order chi connectivity index (χ1) is 10.1. The van der Waals surface area contributed by atoms with E-state index in [1.807, 2.05) is 6.92 Å². The number of carbonyl (C=O) groups excluding carboxylic acids is 1. The van der Waals surface area contributed by atoms with Gasteiger partial charge in [-0.3, -0.25) is 14.7 Å². The van der Waals surface area contributed by atoms with Crippen LogP contribution in [0.25, 0.3) is 0 Å². The average molecular weight is 287 g/mol. The number of likely N-dealkylation sites (tertiary alicyclic amines) is 1. The molecule has 2 aromatic heterocycles. The van der Waals surface area contributed by atoms with Crippen molar-refractivity contribution in [2.24, 2.45) is 0 Å². The highest BCUT2D eigenvalue weighted by molar-refractivity contribution is 5.92. The van der Waals surface area contributed by atoms with Gasteiger partial charge < -0.3 is 4.90 Å². The van der Waals surface area contributed by atoms with Gasteiger partial charge in [0.05, 0.1) is 6.20 Å². The summed E-state index contributed by atoms with van der Waals surface area (Å²) in [5.74, 6) is 0.126. The number of rotatable bonds is 2. The third-order valence-electron chi connectivity index (χ3n) is 3.88. The van der Waals surface area contributed by atoms with Crippen LogP contribution in [0.3, 0.4) is 0 Å². The predicted molar refractivity (Wildman–Crippen MR) is 76.1 cm³/mol.